The Kier molecular flexibility index (Phi) is 3.05. The van der Waals surface area contributed by atoms with Gasteiger partial charge in [-0.1, -0.05) is 0 Å². The number of rotatable bonds is 3. The van der Waals surface area contributed by atoms with E-state index in [-0.39, 0.29) is 11.9 Å². The van der Waals surface area contributed by atoms with Gasteiger partial charge in [0, 0.05) is 12.1 Å². The zero-order valence-electron chi connectivity index (χ0n) is 7.42. The molecule has 70 valence electrons. The maximum absolute atomic E-state index is 10.7. The van der Waals surface area contributed by atoms with Crippen LogP contribution in [0.3, 0.4) is 0 Å². The van der Waals surface area contributed by atoms with Gasteiger partial charge in [0.2, 0.25) is 5.91 Å². The van der Waals surface area contributed by atoms with E-state index in [0.717, 1.165) is 19.3 Å². The highest BCUT2D eigenvalue weighted by atomic mass is 16.1. The van der Waals surface area contributed by atoms with E-state index in [1.165, 1.54) is 0 Å². The van der Waals surface area contributed by atoms with Crippen LogP contribution in [-0.2, 0) is 4.79 Å². The quantitative estimate of drug-likeness (QED) is 0.526. The monoisotopic (exact) mass is 171 g/mol. The van der Waals surface area contributed by atoms with E-state index in [0.29, 0.717) is 12.1 Å². The van der Waals surface area contributed by atoms with Crippen molar-refractivity contribution in [3.63, 3.8) is 0 Å². The van der Waals surface area contributed by atoms with E-state index in [2.05, 4.69) is 5.32 Å². The molecule has 12 heavy (non-hydrogen) atoms. The van der Waals surface area contributed by atoms with Crippen molar-refractivity contribution in [3.05, 3.63) is 0 Å². The summed E-state index contributed by atoms with van der Waals surface area (Å²) in [4.78, 5) is 10.7. The van der Waals surface area contributed by atoms with Crippen LogP contribution in [0.15, 0.2) is 0 Å². The summed E-state index contributed by atoms with van der Waals surface area (Å²) in [5, 5.41) is 3.15. The number of nitrogens with one attached hydrogen (secondary N) is 1. The minimum atomic E-state index is -0.296. The number of amides is 1. The normalized spacial score (nSPS) is 31.8. The first-order valence-electron chi connectivity index (χ1n) is 4.40. The summed E-state index contributed by atoms with van der Waals surface area (Å²) in [7, 11) is 0. The molecule has 0 aromatic rings. The molecule has 0 saturated heterocycles. The lowest BCUT2D eigenvalue weighted by molar-refractivity contribution is -0.119. The minimum absolute atomic E-state index is 0.236. The van der Waals surface area contributed by atoms with Crippen LogP contribution in [0.5, 0.6) is 0 Å². The smallest absolute Gasteiger partial charge is 0.234 e. The van der Waals surface area contributed by atoms with E-state index in [4.69, 9.17) is 11.5 Å². The first-order valence-corrected chi connectivity index (χ1v) is 4.40. The highest BCUT2D eigenvalue weighted by Crippen LogP contribution is 2.17. The highest BCUT2D eigenvalue weighted by Gasteiger charge is 2.23. The van der Waals surface area contributed by atoms with Crippen molar-refractivity contribution >= 4 is 5.91 Å². The third-order valence-electron chi connectivity index (χ3n) is 2.39. The Morgan fingerprint density at radius 1 is 1.58 bits per heavy atom. The number of carbonyl (C=O) groups excluding carboxylic acids is 1. The summed E-state index contributed by atoms with van der Waals surface area (Å²) < 4.78 is 0. The van der Waals surface area contributed by atoms with E-state index in [9.17, 15) is 4.79 Å². The van der Waals surface area contributed by atoms with Gasteiger partial charge >= 0.3 is 0 Å². The second-order valence-electron chi connectivity index (χ2n) is 3.56. The molecule has 0 heterocycles. The molecule has 1 amide bonds. The van der Waals surface area contributed by atoms with E-state index in [1.54, 1.807) is 6.92 Å². The van der Waals surface area contributed by atoms with Crippen LogP contribution in [-0.4, -0.2) is 24.0 Å². The standard InChI is InChI=1S/C8H17N3O/c1-5(8(10)12)11-7-3-2-6(9)4-7/h5-7,11H,2-4,9H2,1H3,(H2,10,12). The van der Waals surface area contributed by atoms with Crippen molar-refractivity contribution in [2.45, 2.75) is 44.3 Å². The fourth-order valence-electron chi connectivity index (χ4n) is 1.60. The fraction of sp³-hybridized carbons (Fsp3) is 0.875. The molecule has 5 N–H and O–H groups in total. The van der Waals surface area contributed by atoms with Crippen LogP contribution in [0, 0.1) is 0 Å². The molecule has 1 fully saturated rings. The summed E-state index contributed by atoms with van der Waals surface area (Å²) in [6, 6.07) is 0.436. The molecule has 1 aliphatic carbocycles. The first-order chi connectivity index (χ1) is 5.59. The molecule has 1 aliphatic rings. The molecule has 0 bridgehead atoms. The molecule has 1 saturated carbocycles. The molecule has 1 rings (SSSR count). The molecule has 4 heteroatoms. The average Bonchev–Trinajstić information content (AvgIpc) is 2.35. The Balaban J connectivity index is 2.27. The summed E-state index contributed by atoms with van der Waals surface area (Å²) >= 11 is 0. The van der Waals surface area contributed by atoms with Gasteiger partial charge in [-0.05, 0) is 26.2 Å². The summed E-state index contributed by atoms with van der Waals surface area (Å²) in [6.45, 7) is 1.78. The van der Waals surface area contributed by atoms with Crippen molar-refractivity contribution in [2.75, 3.05) is 0 Å². The van der Waals surface area contributed by atoms with Crippen LogP contribution in [0.4, 0.5) is 0 Å². The average molecular weight is 171 g/mol. The molecular weight excluding hydrogens is 154 g/mol. The summed E-state index contributed by atoms with van der Waals surface area (Å²) in [6.07, 6.45) is 3.06. The van der Waals surface area contributed by atoms with Crippen molar-refractivity contribution in [3.8, 4) is 0 Å². The van der Waals surface area contributed by atoms with Crippen molar-refractivity contribution < 1.29 is 4.79 Å². The van der Waals surface area contributed by atoms with Gasteiger partial charge in [-0.2, -0.15) is 0 Å². The molecule has 0 radical (unpaired) electrons. The number of hydrogen-bond acceptors (Lipinski definition) is 3. The third-order valence-corrected chi connectivity index (χ3v) is 2.39. The lowest BCUT2D eigenvalue weighted by Gasteiger charge is -2.16. The molecule has 0 aliphatic heterocycles. The maximum Gasteiger partial charge on any atom is 0.234 e. The van der Waals surface area contributed by atoms with Gasteiger partial charge in [-0.3, -0.25) is 4.79 Å². The van der Waals surface area contributed by atoms with Gasteiger partial charge in [-0.25, -0.2) is 0 Å². The van der Waals surface area contributed by atoms with Crippen LogP contribution in [0.25, 0.3) is 0 Å². The second kappa shape index (κ2) is 3.87. The Morgan fingerprint density at radius 3 is 2.67 bits per heavy atom. The van der Waals surface area contributed by atoms with Crippen LogP contribution >= 0.6 is 0 Å². The minimum Gasteiger partial charge on any atom is -0.368 e. The molecule has 0 aromatic carbocycles. The van der Waals surface area contributed by atoms with Crippen molar-refractivity contribution in [2.24, 2.45) is 11.5 Å². The lowest BCUT2D eigenvalue weighted by atomic mass is 10.2. The zero-order valence-corrected chi connectivity index (χ0v) is 7.42. The number of hydrogen-bond donors (Lipinski definition) is 3. The second-order valence-corrected chi connectivity index (χ2v) is 3.56. The molecule has 0 spiro atoms. The Labute approximate surface area is 72.7 Å². The van der Waals surface area contributed by atoms with E-state index >= 15 is 0 Å². The van der Waals surface area contributed by atoms with Crippen LogP contribution < -0.4 is 16.8 Å². The van der Waals surface area contributed by atoms with Crippen molar-refractivity contribution in [1.29, 1.82) is 0 Å². The molecule has 3 atom stereocenters. The predicted octanol–water partition coefficient (Wildman–Crippen LogP) is -0.670. The van der Waals surface area contributed by atoms with Gasteiger partial charge < -0.3 is 16.8 Å². The molecular formula is C8H17N3O. The summed E-state index contributed by atoms with van der Waals surface area (Å²) in [5.74, 6) is -0.296. The molecule has 0 aromatic heterocycles. The molecule has 4 nitrogen and oxygen atoms in total. The van der Waals surface area contributed by atoms with Gasteiger partial charge in [0.1, 0.15) is 0 Å². The van der Waals surface area contributed by atoms with Crippen LogP contribution in [0.2, 0.25) is 0 Å². The van der Waals surface area contributed by atoms with Gasteiger partial charge in [0.05, 0.1) is 6.04 Å². The number of primary amides is 1. The SMILES string of the molecule is CC(NC1CCC(N)C1)C(N)=O. The van der Waals surface area contributed by atoms with Gasteiger partial charge in [-0.15, -0.1) is 0 Å². The van der Waals surface area contributed by atoms with E-state index in [1.807, 2.05) is 0 Å². The first kappa shape index (κ1) is 9.48. The number of nitrogens with two attached hydrogens (primary N) is 2. The largest absolute Gasteiger partial charge is 0.368 e. The zero-order chi connectivity index (χ0) is 9.14. The fourth-order valence-corrected chi connectivity index (χ4v) is 1.60. The highest BCUT2D eigenvalue weighted by molar-refractivity contribution is 5.79. The Morgan fingerprint density at radius 2 is 2.25 bits per heavy atom. The van der Waals surface area contributed by atoms with Crippen molar-refractivity contribution in [1.82, 2.24) is 5.32 Å². The maximum atomic E-state index is 10.7. The predicted molar refractivity (Wildman–Crippen MR) is 47.4 cm³/mol. The van der Waals surface area contributed by atoms with Gasteiger partial charge in [0.15, 0.2) is 0 Å². The lowest BCUT2D eigenvalue weighted by Crippen LogP contribution is -2.43. The third kappa shape index (κ3) is 2.46. The molecule has 3 unspecified atom stereocenters. The van der Waals surface area contributed by atoms with Gasteiger partial charge in [0.25, 0.3) is 0 Å². The topological polar surface area (TPSA) is 81.1 Å². The number of carbonyl (C=O) groups is 1. The Hall–Kier alpha value is -0.610. The van der Waals surface area contributed by atoms with E-state index < -0.39 is 0 Å². The Bertz CT molecular complexity index is 172. The van der Waals surface area contributed by atoms with Crippen LogP contribution in [0.1, 0.15) is 26.2 Å². The summed E-state index contributed by atoms with van der Waals surface area (Å²) in [5.41, 5.74) is 10.8.